The van der Waals surface area contributed by atoms with Crippen molar-refractivity contribution in [1.82, 2.24) is 19.4 Å². The Morgan fingerprint density at radius 1 is 1.37 bits per heavy atom. The Balaban J connectivity index is 0.000000318. The highest BCUT2D eigenvalue weighted by Crippen LogP contribution is 2.29. The quantitative estimate of drug-likeness (QED) is 0.730. The third-order valence-electron chi connectivity index (χ3n) is 4.86. The molecular formula is C19H25F3N4O3S. The molecule has 1 aliphatic carbocycles. The number of aryl methyl sites for hydroxylation is 2. The molecule has 7 nitrogen and oxygen atoms in total. The van der Waals surface area contributed by atoms with Crippen LogP contribution < -0.4 is 0 Å². The Morgan fingerprint density at radius 2 is 2.10 bits per heavy atom. The Hall–Kier alpha value is -1.98. The molecule has 0 aromatic carbocycles. The lowest BCUT2D eigenvalue weighted by atomic mass is 10.3. The van der Waals surface area contributed by atoms with Gasteiger partial charge in [-0.15, -0.1) is 11.3 Å². The highest BCUT2D eigenvalue weighted by molar-refractivity contribution is 7.09. The van der Waals surface area contributed by atoms with Gasteiger partial charge in [0.05, 0.1) is 35.0 Å². The van der Waals surface area contributed by atoms with E-state index < -0.39 is 12.1 Å². The number of ether oxygens (including phenoxy) is 1. The van der Waals surface area contributed by atoms with E-state index in [2.05, 4.69) is 31.7 Å². The van der Waals surface area contributed by atoms with Crippen LogP contribution in [0.3, 0.4) is 0 Å². The van der Waals surface area contributed by atoms with Crippen molar-refractivity contribution < 1.29 is 27.8 Å². The maximum absolute atomic E-state index is 10.6. The molecule has 1 saturated carbocycles. The molecule has 2 aliphatic rings. The zero-order chi connectivity index (χ0) is 21.7. The lowest BCUT2D eigenvalue weighted by molar-refractivity contribution is -0.192. The van der Waals surface area contributed by atoms with E-state index in [1.54, 1.807) is 11.3 Å². The number of hydrogen-bond acceptors (Lipinski definition) is 6. The van der Waals surface area contributed by atoms with Crippen molar-refractivity contribution in [3.8, 4) is 0 Å². The van der Waals surface area contributed by atoms with Crippen LogP contribution in [0.4, 0.5) is 13.2 Å². The first kappa shape index (κ1) is 22.7. The molecule has 0 saturated heterocycles. The van der Waals surface area contributed by atoms with Crippen LogP contribution in [-0.4, -0.2) is 49.8 Å². The van der Waals surface area contributed by atoms with Crippen molar-refractivity contribution in [1.29, 1.82) is 0 Å². The number of aromatic nitrogens is 3. The van der Waals surface area contributed by atoms with Gasteiger partial charge in [0.15, 0.2) is 0 Å². The fraction of sp³-hybridized carbons (Fsp3) is 0.632. The second-order valence-electron chi connectivity index (χ2n) is 7.51. The molecule has 2 aromatic heterocycles. The first-order valence-electron chi connectivity index (χ1n) is 9.76. The standard InChI is InChI=1S/C17H24N4OS.C2HF3O2/c1-13-19-15(11-23-13)7-20-5-2-6-21-12-18-16(17(21)8-20)10-22-9-14-3-4-14;3-2(4,5)1(6)7/h11-12,14H,2-10H2,1H3;(H,6,7). The number of alkyl halides is 3. The topological polar surface area (TPSA) is 80.5 Å². The van der Waals surface area contributed by atoms with Crippen LogP contribution in [0.15, 0.2) is 11.7 Å². The molecule has 0 unspecified atom stereocenters. The zero-order valence-corrected chi connectivity index (χ0v) is 17.5. The van der Waals surface area contributed by atoms with E-state index in [1.807, 2.05) is 6.33 Å². The number of imidazole rings is 1. The van der Waals surface area contributed by atoms with E-state index in [9.17, 15) is 13.2 Å². The molecule has 166 valence electrons. The second-order valence-corrected chi connectivity index (χ2v) is 8.58. The zero-order valence-electron chi connectivity index (χ0n) is 16.7. The predicted molar refractivity (Wildman–Crippen MR) is 104 cm³/mol. The molecule has 0 radical (unpaired) electrons. The van der Waals surface area contributed by atoms with Gasteiger partial charge in [-0.05, 0) is 32.1 Å². The Labute approximate surface area is 176 Å². The molecule has 0 spiro atoms. The van der Waals surface area contributed by atoms with Gasteiger partial charge in [0, 0.05) is 38.2 Å². The van der Waals surface area contributed by atoms with Crippen LogP contribution >= 0.6 is 11.3 Å². The van der Waals surface area contributed by atoms with Gasteiger partial charge < -0.3 is 14.4 Å². The second kappa shape index (κ2) is 9.88. The lowest BCUT2D eigenvalue weighted by Gasteiger charge is -2.19. The normalized spacial score (nSPS) is 17.1. The molecule has 1 aliphatic heterocycles. The van der Waals surface area contributed by atoms with Gasteiger partial charge in [0.2, 0.25) is 0 Å². The minimum Gasteiger partial charge on any atom is -0.475 e. The van der Waals surface area contributed by atoms with Gasteiger partial charge in [-0.2, -0.15) is 13.2 Å². The summed E-state index contributed by atoms with van der Waals surface area (Å²) in [4.78, 5) is 20.6. The maximum atomic E-state index is 10.6. The smallest absolute Gasteiger partial charge is 0.475 e. The summed E-state index contributed by atoms with van der Waals surface area (Å²) in [5, 5.41) is 10.5. The number of carbonyl (C=O) groups is 1. The summed E-state index contributed by atoms with van der Waals surface area (Å²) in [6.07, 6.45) is 0.737. The monoisotopic (exact) mass is 446 g/mol. The largest absolute Gasteiger partial charge is 0.490 e. The van der Waals surface area contributed by atoms with Gasteiger partial charge in [-0.3, -0.25) is 4.90 Å². The summed E-state index contributed by atoms with van der Waals surface area (Å²) in [7, 11) is 0. The minimum absolute atomic E-state index is 0.655. The fourth-order valence-corrected chi connectivity index (χ4v) is 3.76. The van der Waals surface area contributed by atoms with Gasteiger partial charge in [0.1, 0.15) is 0 Å². The summed E-state index contributed by atoms with van der Waals surface area (Å²) >= 11 is 1.73. The van der Waals surface area contributed by atoms with Crippen LogP contribution in [0, 0.1) is 12.8 Å². The number of carboxylic acid groups (broad SMARTS) is 1. The van der Waals surface area contributed by atoms with E-state index in [4.69, 9.17) is 14.6 Å². The number of nitrogens with zero attached hydrogens (tertiary/aromatic N) is 4. The third kappa shape index (κ3) is 6.78. The van der Waals surface area contributed by atoms with Crippen molar-refractivity contribution in [3.63, 3.8) is 0 Å². The average molecular weight is 446 g/mol. The van der Waals surface area contributed by atoms with Crippen LogP contribution in [0.25, 0.3) is 0 Å². The summed E-state index contributed by atoms with van der Waals surface area (Å²) in [6.45, 7) is 7.66. The van der Waals surface area contributed by atoms with E-state index in [0.717, 1.165) is 55.8 Å². The van der Waals surface area contributed by atoms with Gasteiger partial charge in [-0.25, -0.2) is 14.8 Å². The molecule has 0 bridgehead atoms. The first-order valence-corrected chi connectivity index (χ1v) is 10.6. The van der Waals surface area contributed by atoms with Crippen LogP contribution in [0.2, 0.25) is 0 Å². The van der Waals surface area contributed by atoms with Crippen molar-refractivity contribution in [3.05, 3.63) is 33.8 Å². The Morgan fingerprint density at radius 3 is 2.70 bits per heavy atom. The molecule has 4 rings (SSSR count). The minimum atomic E-state index is -5.08. The number of thiazole rings is 1. The molecule has 3 heterocycles. The van der Waals surface area contributed by atoms with Crippen molar-refractivity contribution in [2.75, 3.05) is 13.2 Å². The number of fused-ring (bicyclic) bond motifs is 1. The molecule has 0 atom stereocenters. The highest BCUT2D eigenvalue weighted by atomic mass is 32.1. The van der Waals surface area contributed by atoms with Crippen molar-refractivity contribution >= 4 is 17.3 Å². The van der Waals surface area contributed by atoms with Crippen molar-refractivity contribution in [2.24, 2.45) is 5.92 Å². The summed E-state index contributed by atoms with van der Waals surface area (Å²) in [5.74, 6) is -1.95. The van der Waals surface area contributed by atoms with Crippen LogP contribution in [0.5, 0.6) is 0 Å². The predicted octanol–water partition coefficient (Wildman–Crippen LogP) is 3.61. The number of halogens is 3. The Kier molecular flexibility index (Phi) is 7.48. The number of aliphatic carboxylic acids is 1. The average Bonchev–Trinajstić information content (AvgIpc) is 3.34. The highest BCUT2D eigenvalue weighted by Gasteiger charge is 2.38. The molecule has 2 aromatic rings. The van der Waals surface area contributed by atoms with E-state index >= 15 is 0 Å². The molecule has 1 N–H and O–H groups in total. The van der Waals surface area contributed by atoms with E-state index in [0.29, 0.717) is 6.61 Å². The fourth-order valence-electron chi connectivity index (χ4n) is 3.15. The van der Waals surface area contributed by atoms with E-state index in [-0.39, 0.29) is 0 Å². The molecule has 11 heteroatoms. The number of rotatable bonds is 6. The SMILES string of the molecule is Cc1nc(CN2CCCn3cnc(COCC4CC4)c3C2)cs1.O=C(O)C(F)(F)F. The molecule has 30 heavy (non-hydrogen) atoms. The lowest BCUT2D eigenvalue weighted by Crippen LogP contribution is -2.23. The molecule has 0 amide bonds. The molecular weight excluding hydrogens is 421 g/mol. The van der Waals surface area contributed by atoms with Gasteiger partial charge in [-0.1, -0.05) is 0 Å². The van der Waals surface area contributed by atoms with E-state index in [1.165, 1.54) is 24.2 Å². The summed E-state index contributed by atoms with van der Waals surface area (Å²) in [6, 6.07) is 0. The Bertz CT molecular complexity index is 848. The maximum Gasteiger partial charge on any atom is 0.490 e. The van der Waals surface area contributed by atoms with Crippen LogP contribution in [0.1, 0.15) is 41.4 Å². The first-order chi connectivity index (χ1) is 14.2. The van der Waals surface area contributed by atoms with Crippen LogP contribution in [-0.2, 0) is 35.8 Å². The van der Waals surface area contributed by atoms with Crippen molar-refractivity contribution in [2.45, 2.75) is 58.6 Å². The summed E-state index contributed by atoms with van der Waals surface area (Å²) in [5.41, 5.74) is 3.63. The number of carboxylic acids is 1. The molecule has 1 fully saturated rings. The van der Waals surface area contributed by atoms with Gasteiger partial charge >= 0.3 is 12.1 Å². The summed E-state index contributed by atoms with van der Waals surface area (Å²) < 4.78 is 39.9. The third-order valence-corrected chi connectivity index (χ3v) is 5.69. The number of hydrogen-bond donors (Lipinski definition) is 1. The van der Waals surface area contributed by atoms with Gasteiger partial charge in [0.25, 0.3) is 0 Å².